The van der Waals surface area contributed by atoms with Gasteiger partial charge in [-0.15, -0.1) is 0 Å². The van der Waals surface area contributed by atoms with E-state index >= 15 is 0 Å². The van der Waals surface area contributed by atoms with Crippen molar-refractivity contribution in [2.75, 3.05) is 18.0 Å². The Morgan fingerprint density at radius 3 is 2.75 bits per heavy atom. The maximum absolute atomic E-state index is 14.1. The minimum Gasteiger partial charge on any atom is -0.507 e. The summed E-state index contributed by atoms with van der Waals surface area (Å²) in [4.78, 5) is 42.3. The minimum atomic E-state index is -1.06. The van der Waals surface area contributed by atoms with E-state index in [1.165, 1.54) is 16.5 Å². The first-order valence-corrected chi connectivity index (χ1v) is 19.1. The van der Waals surface area contributed by atoms with Gasteiger partial charge in [-0.3, -0.25) is 14.7 Å². The molecule has 1 aliphatic carbocycles. The van der Waals surface area contributed by atoms with Crippen LogP contribution in [0.1, 0.15) is 79.2 Å². The second-order valence-corrected chi connectivity index (χ2v) is 16.4. The topological polar surface area (TPSA) is 193 Å². The van der Waals surface area contributed by atoms with Crippen LogP contribution in [0.25, 0.3) is 22.2 Å². The fraction of sp³-hybridized carbons (Fsp3) is 0.405. The van der Waals surface area contributed by atoms with Gasteiger partial charge in [0.15, 0.2) is 11.0 Å². The molecule has 55 heavy (non-hydrogen) atoms. The Hall–Kier alpha value is -5.53. The number of rotatable bonds is 5. The summed E-state index contributed by atoms with van der Waals surface area (Å²) < 4.78 is 24.8. The van der Waals surface area contributed by atoms with Crippen LogP contribution in [0.3, 0.4) is 0 Å². The highest BCUT2D eigenvalue weighted by molar-refractivity contribution is 5.88. The van der Waals surface area contributed by atoms with Crippen molar-refractivity contribution in [3.05, 3.63) is 91.7 Å². The lowest BCUT2D eigenvalue weighted by atomic mass is 9.76. The predicted octanol–water partition coefficient (Wildman–Crippen LogP) is 3.90. The number of nitrogens with zero attached hydrogens (tertiary/aromatic N) is 3. The fourth-order valence-electron chi connectivity index (χ4n) is 9.78. The van der Waals surface area contributed by atoms with Crippen molar-refractivity contribution in [3.63, 3.8) is 0 Å². The summed E-state index contributed by atoms with van der Waals surface area (Å²) in [7, 11) is 0. The second kappa shape index (κ2) is 12.0. The van der Waals surface area contributed by atoms with Crippen molar-refractivity contribution >= 4 is 34.8 Å². The number of allylic oxidation sites excluding steroid dienone is 1. The maximum Gasteiger partial charge on any atom is 0.341 e. The van der Waals surface area contributed by atoms with Gasteiger partial charge in [0.05, 0.1) is 17.5 Å². The highest BCUT2D eigenvalue weighted by atomic mass is 16.7. The van der Waals surface area contributed by atoms with E-state index in [1.54, 1.807) is 13.0 Å². The number of anilines is 2. The molecule has 13 nitrogen and oxygen atoms in total. The molecule has 10 rings (SSSR count). The number of carbonyl (C=O) groups excluding carboxylic acids is 1. The molecule has 1 aromatic carbocycles. The molecular weight excluding hydrogens is 700 g/mol. The molecule has 6 N–H and O–H groups in total. The average Bonchev–Trinajstić information content (AvgIpc) is 3.44. The van der Waals surface area contributed by atoms with E-state index in [9.17, 15) is 14.7 Å². The van der Waals surface area contributed by atoms with Crippen molar-refractivity contribution in [2.24, 2.45) is 4.99 Å². The number of nitrogen functional groups attached to an aromatic ring is 2. The van der Waals surface area contributed by atoms with Crippen LogP contribution < -0.4 is 26.5 Å². The molecule has 2 fully saturated rings. The van der Waals surface area contributed by atoms with Gasteiger partial charge in [0.1, 0.15) is 76.6 Å². The highest BCUT2D eigenvalue weighted by Gasteiger charge is 2.65. The predicted molar refractivity (Wildman–Crippen MR) is 204 cm³/mol. The first-order chi connectivity index (χ1) is 26.4. The summed E-state index contributed by atoms with van der Waals surface area (Å²) in [5.41, 5.74) is 19.6. The number of aromatic nitrogens is 2. The number of esters is 1. The summed E-state index contributed by atoms with van der Waals surface area (Å²) in [6, 6.07) is 7.08. The number of nitrogens with two attached hydrogens (primary N) is 2. The normalized spacial score (nSPS) is 26.8. The van der Waals surface area contributed by atoms with Crippen LogP contribution in [0, 0.1) is 6.92 Å². The zero-order chi connectivity index (χ0) is 38.0. The lowest BCUT2D eigenvalue weighted by Crippen LogP contribution is -3.04. The summed E-state index contributed by atoms with van der Waals surface area (Å²) in [5, 5.41) is 11.6. The number of ether oxygens (including phenoxy) is 3. The number of hydrogen-bond acceptors (Lipinski definition) is 12. The third-order valence-electron chi connectivity index (χ3n) is 12.4. The molecule has 0 amide bonds. The van der Waals surface area contributed by atoms with Gasteiger partial charge in [-0.2, -0.15) is 0 Å². The minimum absolute atomic E-state index is 0.0985. The smallest absolute Gasteiger partial charge is 0.341 e. The number of quaternary nitrogens is 1. The van der Waals surface area contributed by atoms with Crippen molar-refractivity contribution < 1.29 is 33.4 Å². The molecule has 5 atom stereocenters. The molecular formula is C42H43N6O7+. The highest BCUT2D eigenvalue weighted by Crippen LogP contribution is 2.54. The van der Waals surface area contributed by atoms with E-state index < -0.39 is 23.3 Å². The lowest BCUT2D eigenvalue weighted by Gasteiger charge is -2.45. The Morgan fingerprint density at radius 1 is 1.07 bits per heavy atom. The SMILES string of the molecule is Cc1cc(=O)c2c(O)c3c(cc2o1)OC(C)(C)[C@@H]1OC(=O)[C@@]2(CCC[C@@H]31)O[C@@H]2CCc1cc(N)nc2c1CCc1c-2cc(C[NH+]2C=C3N=CC=C3C2)nc1N. The molecule has 5 aliphatic heterocycles. The number of phenolic OH excluding ortho intramolecular Hbond substituents is 1. The molecule has 3 aromatic heterocycles. The van der Waals surface area contributed by atoms with Crippen LogP contribution in [0.2, 0.25) is 0 Å². The zero-order valence-corrected chi connectivity index (χ0v) is 31.0. The number of phenols is 1. The number of carbonyl (C=O) groups is 1. The van der Waals surface area contributed by atoms with E-state index in [0.29, 0.717) is 67.4 Å². The molecule has 0 radical (unpaired) electrons. The van der Waals surface area contributed by atoms with E-state index in [0.717, 1.165) is 58.7 Å². The third kappa shape index (κ3) is 5.38. The van der Waals surface area contributed by atoms with Gasteiger partial charge in [-0.1, -0.05) is 0 Å². The number of aromatic hydroxyl groups is 1. The zero-order valence-electron chi connectivity index (χ0n) is 31.0. The molecule has 2 saturated heterocycles. The molecule has 0 saturated carbocycles. The Labute approximate surface area is 316 Å². The summed E-state index contributed by atoms with van der Waals surface area (Å²) in [6.07, 6.45) is 9.48. The van der Waals surface area contributed by atoms with Crippen LogP contribution in [-0.4, -0.2) is 57.2 Å². The van der Waals surface area contributed by atoms with Gasteiger partial charge in [-0.05, 0) is 95.1 Å². The van der Waals surface area contributed by atoms with E-state index in [4.69, 9.17) is 40.1 Å². The van der Waals surface area contributed by atoms with E-state index in [2.05, 4.69) is 23.3 Å². The van der Waals surface area contributed by atoms with Gasteiger partial charge in [-0.25, -0.2) is 14.8 Å². The first-order valence-electron chi connectivity index (χ1n) is 19.1. The largest absolute Gasteiger partial charge is 0.507 e. The number of epoxide rings is 1. The van der Waals surface area contributed by atoms with E-state index in [1.807, 2.05) is 26.1 Å². The third-order valence-corrected chi connectivity index (χ3v) is 12.4. The molecule has 282 valence electrons. The number of fused-ring (bicyclic) bond motifs is 8. The maximum atomic E-state index is 14.1. The fourth-order valence-corrected chi connectivity index (χ4v) is 9.78. The van der Waals surface area contributed by atoms with Crippen LogP contribution in [0.15, 0.2) is 62.0 Å². The van der Waals surface area contributed by atoms with Crippen LogP contribution in [0.4, 0.5) is 11.6 Å². The Bertz CT molecular complexity index is 2520. The van der Waals surface area contributed by atoms with Gasteiger partial charge in [0.2, 0.25) is 0 Å². The van der Waals surface area contributed by atoms with Gasteiger partial charge >= 0.3 is 5.97 Å². The molecule has 8 heterocycles. The van der Waals surface area contributed by atoms with Gasteiger partial charge < -0.3 is 35.2 Å². The molecule has 13 heteroatoms. The number of aryl methyl sites for hydroxylation is 2. The van der Waals surface area contributed by atoms with Crippen molar-refractivity contribution in [1.29, 1.82) is 0 Å². The Kier molecular flexibility index (Phi) is 7.41. The molecule has 1 spiro atoms. The summed E-state index contributed by atoms with van der Waals surface area (Å²) in [5.74, 6) is 0.828. The van der Waals surface area contributed by atoms with Crippen molar-refractivity contribution in [2.45, 2.75) is 102 Å². The van der Waals surface area contributed by atoms with Crippen LogP contribution >= 0.6 is 0 Å². The monoisotopic (exact) mass is 743 g/mol. The summed E-state index contributed by atoms with van der Waals surface area (Å²) >= 11 is 0. The molecule has 0 bridgehead atoms. The first kappa shape index (κ1) is 34.0. The summed E-state index contributed by atoms with van der Waals surface area (Å²) in [6.45, 7) is 6.98. The quantitative estimate of drug-likeness (QED) is 0.171. The van der Waals surface area contributed by atoms with Crippen LogP contribution in [0.5, 0.6) is 11.5 Å². The molecule has 6 aliphatic rings. The number of aliphatic imine (C=N–C) groups is 1. The van der Waals surface area contributed by atoms with Gasteiger partial charge in [0.25, 0.3) is 0 Å². The number of pyridine rings is 2. The van der Waals surface area contributed by atoms with Gasteiger partial charge in [0, 0.05) is 46.5 Å². The van der Waals surface area contributed by atoms with Crippen molar-refractivity contribution in [1.82, 2.24) is 9.97 Å². The number of hydrogen-bond donors (Lipinski definition) is 4. The molecule has 4 aromatic rings. The molecule has 1 unspecified atom stereocenters. The lowest BCUT2D eigenvalue weighted by molar-refractivity contribution is -0.852. The number of benzene rings is 1. The Balaban J connectivity index is 0.882. The van der Waals surface area contributed by atoms with Crippen LogP contribution in [-0.2, 0) is 40.1 Å². The second-order valence-electron chi connectivity index (χ2n) is 16.4. The van der Waals surface area contributed by atoms with E-state index in [-0.39, 0.29) is 34.2 Å². The Morgan fingerprint density at radius 2 is 1.91 bits per heavy atom. The van der Waals surface area contributed by atoms with Crippen molar-refractivity contribution in [3.8, 4) is 22.8 Å². The number of nitrogens with one attached hydrogen (secondary N) is 1. The average molecular weight is 744 g/mol. The standard InChI is InChI=1S/C42H42N6O7/c1-20-13-29(49)35-30(52-20)16-31-34(37(35)50)26-5-4-11-42(40(51)53-38(26)41(2,3)54-31)32(55-42)9-6-21-14-33(43)47-36-24(21)7-8-25-27(36)15-23(46-39(25)44)18-48-17-22-10-12-45-28(22)19-48/h10,12-16,19,26,32,38,50H,4-9,11,17-18H2,1-3H3,(H2,43,47)(H2,44,46)/p+1/t26-,32+,38+,42-/m0/s1.